The predicted octanol–water partition coefficient (Wildman–Crippen LogP) is 6.61. The van der Waals surface area contributed by atoms with Gasteiger partial charge in [0.15, 0.2) is 0 Å². The summed E-state index contributed by atoms with van der Waals surface area (Å²) in [5, 5.41) is 1.83. The van der Waals surface area contributed by atoms with Gasteiger partial charge in [-0.2, -0.15) is 0 Å². The summed E-state index contributed by atoms with van der Waals surface area (Å²) >= 11 is 0. The van der Waals surface area contributed by atoms with Crippen LogP contribution in [0.2, 0.25) is 0 Å². The molecule has 0 unspecified atom stereocenters. The summed E-state index contributed by atoms with van der Waals surface area (Å²) in [7, 11) is 0. The Morgan fingerprint density at radius 1 is 0.862 bits per heavy atom. The van der Waals surface area contributed by atoms with Crippen LogP contribution < -0.4 is 0 Å². The second-order valence-corrected chi connectivity index (χ2v) is 7.07. The van der Waals surface area contributed by atoms with Crippen LogP contribution in [0.3, 0.4) is 0 Å². The first kappa shape index (κ1) is 17.5. The minimum atomic E-state index is -0.633. The molecule has 5 aromatic rings. The molecule has 29 heavy (non-hydrogen) atoms. The molecule has 0 atom stereocenters. The predicted molar refractivity (Wildman–Crippen MR) is 110 cm³/mol. The van der Waals surface area contributed by atoms with Crippen LogP contribution in [-0.2, 0) is 0 Å². The number of aromatic nitrogens is 2. The highest BCUT2D eigenvalue weighted by molar-refractivity contribution is 6.10. The fourth-order valence-corrected chi connectivity index (χ4v) is 3.74. The molecule has 0 bridgehead atoms. The van der Waals surface area contributed by atoms with Crippen molar-refractivity contribution in [2.75, 3.05) is 0 Å². The van der Waals surface area contributed by atoms with E-state index in [1.807, 2.05) is 38.1 Å². The van der Waals surface area contributed by atoms with E-state index in [0.717, 1.165) is 33.7 Å². The molecule has 5 heteroatoms. The summed E-state index contributed by atoms with van der Waals surface area (Å²) in [5.74, 6) is -1.25. The van der Waals surface area contributed by atoms with Crippen LogP contribution in [0.25, 0.3) is 44.5 Å². The number of rotatable bonds is 2. The van der Waals surface area contributed by atoms with E-state index in [-0.39, 0.29) is 5.56 Å². The lowest BCUT2D eigenvalue weighted by Crippen LogP contribution is -1.94. The molecule has 3 heterocycles. The monoisotopic (exact) mass is 386 g/mol. The first-order valence-corrected chi connectivity index (χ1v) is 9.23. The zero-order valence-corrected chi connectivity index (χ0v) is 15.8. The molecule has 3 nitrogen and oxygen atoms in total. The highest BCUT2D eigenvalue weighted by Crippen LogP contribution is 2.40. The van der Waals surface area contributed by atoms with Crippen molar-refractivity contribution in [1.29, 1.82) is 0 Å². The maximum atomic E-state index is 14.6. The Labute approximate surface area is 165 Å². The molecule has 142 valence electrons. The number of fused-ring (bicyclic) bond motifs is 3. The van der Waals surface area contributed by atoms with Crippen molar-refractivity contribution in [2.24, 2.45) is 0 Å². The van der Waals surface area contributed by atoms with Crippen molar-refractivity contribution in [1.82, 2.24) is 9.97 Å². The molecule has 2 aromatic carbocycles. The van der Waals surface area contributed by atoms with Crippen molar-refractivity contribution in [3.8, 4) is 22.4 Å². The molecule has 0 spiro atoms. The summed E-state index contributed by atoms with van der Waals surface area (Å²) in [6, 6.07) is 15.0. The van der Waals surface area contributed by atoms with E-state index in [0.29, 0.717) is 22.6 Å². The van der Waals surface area contributed by atoms with Crippen LogP contribution in [0.4, 0.5) is 8.78 Å². The average molecular weight is 386 g/mol. The van der Waals surface area contributed by atoms with Crippen LogP contribution in [-0.4, -0.2) is 9.97 Å². The zero-order chi connectivity index (χ0) is 20.1. The number of hydrogen-bond acceptors (Lipinski definition) is 3. The Hall–Kier alpha value is -3.60. The molecule has 3 aromatic heterocycles. The van der Waals surface area contributed by atoms with E-state index in [1.54, 1.807) is 18.3 Å². The molecule has 0 aliphatic carbocycles. The van der Waals surface area contributed by atoms with E-state index in [9.17, 15) is 8.78 Å². The first-order chi connectivity index (χ1) is 14.0. The van der Waals surface area contributed by atoms with E-state index >= 15 is 0 Å². The van der Waals surface area contributed by atoms with Crippen molar-refractivity contribution < 1.29 is 13.2 Å². The minimum Gasteiger partial charge on any atom is -0.437 e. The van der Waals surface area contributed by atoms with E-state index in [2.05, 4.69) is 9.97 Å². The fraction of sp³-hybridized carbons (Fsp3) is 0.0833. The smallest absolute Gasteiger partial charge is 0.227 e. The van der Waals surface area contributed by atoms with Crippen molar-refractivity contribution >= 4 is 22.1 Å². The van der Waals surface area contributed by atoms with Gasteiger partial charge in [-0.05, 0) is 49.7 Å². The highest BCUT2D eigenvalue weighted by atomic mass is 19.1. The standard InChI is InChI=1S/C24H16F2N2O/c1-13-5-8-18-19-9-6-14(2)28-24(19)29-23(18)21(13)22-17(4-3-11-27-22)16-10-7-15(25)12-20(16)26/h3-12H,1-2H3. The second kappa shape index (κ2) is 6.48. The average Bonchev–Trinajstić information content (AvgIpc) is 3.05. The largest absolute Gasteiger partial charge is 0.437 e. The third kappa shape index (κ3) is 2.78. The molecule has 0 fully saturated rings. The van der Waals surface area contributed by atoms with Crippen LogP contribution in [0.15, 0.2) is 65.2 Å². The van der Waals surface area contributed by atoms with Gasteiger partial charge in [0.05, 0.1) is 5.69 Å². The number of benzene rings is 2. The van der Waals surface area contributed by atoms with Gasteiger partial charge in [-0.1, -0.05) is 18.2 Å². The molecular weight excluding hydrogens is 370 g/mol. The highest BCUT2D eigenvalue weighted by Gasteiger charge is 2.20. The summed E-state index contributed by atoms with van der Waals surface area (Å²) in [4.78, 5) is 9.04. The van der Waals surface area contributed by atoms with Gasteiger partial charge in [0.2, 0.25) is 5.71 Å². The number of hydrogen-bond donors (Lipinski definition) is 0. The topological polar surface area (TPSA) is 38.9 Å². The van der Waals surface area contributed by atoms with Gasteiger partial charge < -0.3 is 4.42 Å². The number of halogens is 2. The van der Waals surface area contributed by atoms with Crippen LogP contribution in [0.1, 0.15) is 11.3 Å². The summed E-state index contributed by atoms with van der Waals surface area (Å²) in [6.45, 7) is 3.87. The van der Waals surface area contributed by atoms with Crippen LogP contribution in [0.5, 0.6) is 0 Å². The summed E-state index contributed by atoms with van der Waals surface area (Å²) in [6.07, 6.45) is 1.66. The van der Waals surface area contributed by atoms with Crippen molar-refractivity contribution in [2.45, 2.75) is 13.8 Å². The van der Waals surface area contributed by atoms with Crippen molar-refractivity contribution in [3.63, 3.8) is 0 Å². The first-order valence-electron chi connectivity index (χ1n) is 9.23. The van der Waals surface area contributed by atoms with Gasteiger partial charge >= 0.3 is 0 Å². The van der Waals surface area contributed by atoms with E-state index in [1.165, 1.54) is 12.1 Å². The quantitative estimate of drug-likeness (QED) is 0.343. The van der Waals surface area contributed by atoms with Gasteiger partial charge in [-0.15, -0.1) is 0 Å². The Morgan fingerprint density at radius 2 is 1.69 bits per heavy atom. The van der Waals surface area contributed by atoms with Gasteiger partial charge in [0.1, 0.15) is 17.2 Å². The number of nitrogens with zero attached hydrogens (tertiary/aromatic N) is 2. The molecule has 0 saturated carbocycles. The number of pyridine rings is 2. The second-order valence-electron chi connectivity index (χ2n) is 7.07. The lowest BCUT2D eigenvalue weighted by molar-refractivity contribution is 0.585. The Kier molecular flexibility index (Phi) is 3.91. The molecule has 0 saturated heterocycles. The third-order valence-electron chi connectivity index (χ3n) is 5.12. The minimum absolute atomic E-state index is 0.288. The van der Waals surface area contributed by atoms with Crippen molar-refractivity contribution in [3.05, 3.63) is 83.7 Å². The van der Waals surface area contributed by atoms with Gasteiger partial charge in [0.25, 0.3) is 0 Å². The number of furan rings is 1. The maximum absolute atomic E-state index is 14.6. The summed E-state index contributed by atoms with van der Waals surface area (Å²) in [5.41, 5.74) is 5.23. The number of aryl methyl sites for hydroxylation is 2. The molecule has 0 aliphatic heterocycles. The normalized spacial score (nSPS) is 11.4. The van der Waals surface area contributed by atoms with Crippen LogP contribution >= 0.6 is 0 Å². The van der Waals surface area contributed by atoms with Gasteiger partial charge in [-0.25, -0.2) is 13.8 Å². The lowest BCUT2D eigenvalue weighted by atomic mass is 9.94. The molecule has 5 rings (SSSR count). The molecule has 0 aliphatic rings. The Morgan fingerprint density at radius 3 is 2.52 bits per heavy atom. The zero-order valence-electron chi connectivity index (χ0n) is 15.8. The Balaban J connectivity index is 1.85. The maximum Gasteiger partial charge on any atom is 0.227 e. The summed E-state index contributed by atoms with van der Waals surface area (Å²) < 4.78 is 34.1. The SMILES string of the molecule is Cc1ccc2c(n1)oc1c(-c3ncccc3-c3ccc(F)cc3F)c(C)ccc12. The molecule has 0 amide bonds. The van der Waals surface area contributed by atoms with Gasteiger partial charge in [-0.3, -0.25) is 4.98 Å². The van der Waals surface area contributed by atoms with Gasteiger partial charge in [0, 0.05) is 45.4 Å². The molecular formula is C24H16F2N2O. The fourth-order valence-electron chi connectivity index (χ4n) is 3.74. The molecule has 0 N–H and O–H groups in total. The van der Waals surface area contributed by atoms with E-state index < -0.39 is 11.6 Å². The lowest BCUT2D eigenvalue weighted by Gasteiger charge is -2.12. The van der Waals surface area contributed by atoms with Crippen LogP contribution in [0, 0.1) is 25.5 Å². The third-order valence-corrected chi connectivity index (χ3v) is 5.12. The molecule has 0 radical (unpaired) electrons. The van der Waals surface area contributed by atoms with E-state index in [4.69, 9.17) is 4.42 Å². The Bertz CT molecular complexity index is 1410.